The van der Waals surface area contributed by atoms with Crippen LogP contribution in [0, 0.1) is 11.8 Å². The van der Waals surface area contributed by atoms with Crippen LogP contribution < -0.4 is 11.1 Å². The third kappa shape index (κ3) is 5.67. The van der Waals surface area contributed by atoms with E-state index in [-0.39, 0.29) is 23.2 Å². The zero-order chi connectivity index (χ0) is 17.7. The zero-order valence-corrected chi connectivity index (χ0v) is 16.4. The molecular weight excluding hydrogens is 362 g/mol. The zero-order valence-electron chi connectivity index (χ0n) is 14.8. The summed E-state index contributed by atoms with van der Waals surface area (Å²) in [6, 6.07) is 6.24. The summed E-state index contributed by atoms with van der Waals surface area (Å²) in [5.41, 5.74) is 5.76. The number of nitrogens with zero attached hydrogens (tertiary/aromatic N) is 1. The van der Waals surface area contributed by atoms with Crippen LogP contribution in [-0.4, -0.2) is 44.8 Å². The van der Waals surface area contributed by atoms with Crippen molar-refractivity contribution in [2.24, 2.45) is 17.6 Å². The number of carbonyl (C=O) groups is 1. The first-order chi connectivity index (χ1) is 11.3. The van der Waals surface area contributed by atoms with Gasteiger partial charge < -0.3 is 11.1 Å². The van der Waals surface area contributed by atoms with E-state index in [9.17, 15) is 13.2 Å². The topological polar surface area (TPSA) is 92.5 Å². The third-order valence-corrected chi connectivity index (χ3v) is 6.06. The summed E-state index contributed by atoms with van der Waals surface area (Å²) in [6.45, 7) is 6.17. The minimum atomic E-state index is -3.58. The van der Waals surface area contributed by atoms with E-state index in [2.05, 4.69) is 19.2 Å². The molecule has 1 aliphatic rings. The molecule has 0 radical (unpaired) electrons. The number of benzene rings is 1. The SMILES string of the molecule is CC1CC(C)CN(S(=O)(=O)c2cccc(C(=O)NCCCN)c2)C1.Cl. The second-order valence-electron chi connectivity index (χ2n) is 6.69. The molecule has 1 fully saturated rings. The second kappa shape index (κ2) is 9.52. The molecule has 8 heteroatoms. The summed E-state index contributed by atoms with van der Waals surface area (Å²) in [4.78, 5) is 12.3. The smallest absolute Gasteiger partial charge is 0.251 e. The van der Waals surface area contributed by atoms with Gasteiger partial charge in [-0.15, -0.1) is 12.4 Å². The highest BCUT2D eigenvalue weighted by molar-refractivity contribution is 7.89. The van der Waals surface area contributed by atoms with E-state index in [4.69, 9.17) is 5.73 Å². The van der Waals surface area contributed by atoms with Gasteiger partial charge in [0, 0.05) is 25.2 Å². The number of sulfonamides is 1. The molecule has 2 atom stereocenters. The van der Waals surface area contributed by atoms with E-state index in [0.717, 1.165) is 6.42 Å². The number of carbonyl (C=O) groups excluding carboxylic acids is 1. The van der Waals surface area contributed by atoms with Gasteiger partial charge in [0.1, 0.15) is 0 Å². The Kier molecular flexibility index (Phi) is 8.34. The number of amides is 1. The third-order valence-electron chi connectivity index (χ3n) is 4.24. The van der Waals surface area contributed by atoms with Gasteiger partial charge in [0.25, 0.3) is 5.91 Å². The van der Waals surface area contributed by atoms with E-state index in [0.29, 0.717) is 50.0 Å². The van der Waals surface area contributed by atoms with Gasteiger partial charge in [0.2, 0.25) is 10.0 Å². The van der Waals surface area contributed by atoms with Gasteiger partial charge in [-0.2, -0.15) is 4.31 Å². The van der Waals surface area contributed by atoms with E-state index < -0.39 is 10.0 Å². The molecule has 1 aromatic rings. The molecule has 2 rings (SSSR count). The number of nitrogens with one attached hydrogen (secondary N) is 1. The van der Waals surface area contributed by atoms with E-state index in [1.54, 1.807) is 18.2 Å². The predicted octanol–water partition coefficient (Wildman–Crippen LogP) is 1.85. The lowest BCUT2D eigenvalue weighted by Gasteiger charge is -2.34. The van der Waals surface area contributed by atoms with E-state index in [1.165, 1.54) is 10.4 Å². The number of halogens is 1. The van der Waals surface area contributed by atoms with Crippen LogP contribution in [0.1, 0.15) is 37.0 Å². The van der Waals surface area contributed by atoms with Crippen LogP contribution in [0.4, 0.5) is 0 Å². The van der Waals surface area contributed by atoms with Crippen molar-refractivity contribution in [2.75, 3.05) is 26.2 Å². The quantitative estimate of drug-likeness (QED) is 0.726. The van der Waals surface area contributed by atoms with Gasteiger partial charge in [-0.3, -0.25) is 4.79 Å². The molecule has 0 spiro atoms. The van der Waals surface area contributed by atoms with Crippen molar-refractivity contribution in [1.29, 1.82) is 0 Å². The maximum atomic E-state index is 12.9. The van der Waals surface area contributed by atoms with Crippen molar-refractivity contribution in [3.05, 3.63) is 29.8 Å². The van der Waals surface area contributed by atoms with Gasteiger partial charge in [-0.05, 0) is 49.4 Å². The lowest BCUT2D eigenvalue weighted by Crippen LogP contribution is -2.42. The minimum Gasteiger partial charge on any atom is -0.352 e. The first-order valence-corrected chi connectivity index (χ1v) is 9.87. The van der Waals surface area contributed by atoms with Crippen LogP contribution in [0.3, 0.4) is 0 Å². The molecule has 1 saturated heterocycles. The Bertz CT molecular complexity index is 671. The average Bonchev–Trinajstić information content (AvgIpc) is 2.54. The standard InChI is InChI=1S/C17H27N3O3S.ClH/c1-13-9-14(2)12-20(11-13)24(22,23)16-6-3-5-15(10-16)17(21)19-8-4-7-18;/h3,5-6,10,13-14H,4,7-9,11-12,18H2,1-2H3,(H,19,21);1H. The Hall–Kier alpha value is -1.15. The maximum Gasteiger partial charge on any atom is 0.251 e. The van der Waals surface area contributed by atoms with Crippen LogP contribution in [-0.2, 0) is 10.0 Å². The summed E-state index contributed by atoms with van der Waals surface area (Å²) in [6.07, 6.45) is 1.73. The monoisotopic (exact) mass is 389 g/mol. The highest BCUT2D eigenvalue weighted by Crippen LogP contribution is 2.26. The van der Waals surface area contributed by atoms with Gasteiger partial charge >= 0.3 is 0 Å². The van der Waals surface area contributed by atoms with Crippen molar-refractivity contribution in [3.8, 4) is 0 Å². The van der Waals surface area contributed by atoms with Crippen LogP contribution in [0.2, 0.25) is 0 Å². The normalized spacial score (nSPS) is 21.4. The molecule has 25 heavy (non-hydrogen) atoms. The first-order valence-electron chi connectivity index (χ1n) is 8.43. The molecule has 3 N–H and O–H groups in total. The summed E-state index contributed by atoms with van der Waals surface area (Å²) < 4.78 is 27.3. The fourth-order valence-electron chi connectivity index (χ4n) is 3.15. The number of hydrogen-bond acceptors (Lipinski definition) is 4. The molecule has 1 aliphatic heterocycles. The maximum absolute atomic E-state index is 12.9. The fourth-order valence-corrected chi connectivity index (χ4v) is 4.88. The Labute approximate surface area is 156 Å². The molecule has 0 aliphatic carbocycles. The highest BCUT2D eigenvalue weighted by Gasteiger charge is 2.31. The minimum absolute atomic E-state index is 0. The second-order valence-corrected chi connectivity index (χ2v) is 8.63. The van der Waals surface area contributed by atoms with E-state index >= 15 is 0 Å². The summed E-state index contributed by atoms with van der Waals surface area (Å²) >= 11 is 0. The van der Waals surface area contributed by atoms with Crippen molar-refractivity contribution in [3.63, 3.8) is 0 Å². The number of hydrogen-bond donors (Lipinski definition) is 2. The molecule has 2 unspecified atom stereocenters. The Morgan fingerprint density at radius 3 is 2.52 bits per heavy atom. The molecule has 142 valence electrons. The lowest BCUT2D eigenvalue weighted by atomic mass is 9.94. The lowest BCUT2D eigenvalue weighted by molar-refractivity contribution is 0.0953. The molecule has 1 heterocycles. The van der Waals surface area contributed by atoms with Gasteiger partial charge in [0.05, 0.1) is 4.90 Å². The summed E-state index contributed by atoms with van der Waals surface area (Å²) in [7, 11) is -3.58. The Morgan fingerprint density at radius 1 is 1.28 bits per heavy atom. The van der Waals surface area contributed by atoms with Gasteiger partial charge in [0.15, 0.2) is 0 Å². The molecule has 1 aromatic carbocycles. The molecule has 0 saturated carbocycles. The number of rotatable bonds is 6. The molecule has 0 bridgehead atoms. The first kappa shape index (κ1) is 21.9. The Morgan fingerprint density at radius 2 is 1.92 bits per heavy atom. The Balaban J connectivity index is 0.00000312. The predicted molar refractivity (Wildman–Crippen MR) is 101 cm³/mol. The fraction of sp³-hybridized carbons (Fsp3) is 0.588. The molecular formula is C17H28ClN3O3S. The molecule has 6 nitrogen and oxygen atoms in total. The van der Waals surface area contributed by atoms with Crippen molar-refractivity contribution < 1.29 is 13.2 Å². The highest BCUT2D eigenvalue weighted by atomic mass is 35.5. The van der Waals surface area contributed by atoms with Gasteiger partial charge in [-0.1, -0.05) is 19.9 Å². The largest absolute Gasteiger partial charge is 0.352 e. The summed E-state index contributed by atoms with van der Waals surface area (Å²) in [5, 5.41) is 2.74. The van der Waals surface area contributed by atoms with Crippen LogP contribution in [0.25, 0.3) is 0 Å². The molecule has 0 aromatic heterocycles. The number of nitrogens with two attached hydrogens (primary N) is 1. The number of piperidine rings is 1. The van der Waals surface area contributed by atoms with Crippen LogP contribution >= 0.6 is 12.4 Å². The van der Waals surface area contributed by atoms with E-state index in [1.807, 2.05) is 0 Å². The van der Waals surface area contributed by atoms with Crippen molar-refractivity contribution in [1.82, 2.24) is 9.62 Å². The van der Waals surface area contributed by atoms with Crippen molar-refractivity contribution in [2.45, 2.75) is 31.6 Å². The van der Waals surface area contributed by atoms with Gasteiger partial charge in [-0.25, -0.2) is 8.42 Å². The van der Waals surface area contributed by atoms with Crippen LogP contribution in [0.5, 0.6) is 0 Å². The summed E-state index contributed by atoms with van der Waals surface area (Å²) in [5.74, 6) is 0.401. The van der Waals surface area contributed by atoms with Crippen LogP contribution in [0.15, 0.2) is 29.2 Å². The van der Waals surface area contributed by atoms with Crippen molar-refractivity contribution >= 4 is 28.3 Å². The molecule has 1 amide bonds. The average molecular weight is 390 g/mol.